The van der Waals surface area contributed by atoms with Crippen molar-refractivity contribution >= 4 is 11.9 Å². The minimum atomic E-state index is -1.41. The summed E-state index contributed by atoms with van der Waals surface area (Å²) >= 11 is 0. The van der Waals surface area contributed by atoms with Crippen LogP contribution in [0.1, 0.15) is 25.8 Å². The molecule has 19 heavy (non-hydrogen) atoms. The SMILES string of the molecule is CCCNCC(=O)NC(C)(C(=O)O)c1ccccc1. The van der Waals surface area contributed by atoms with Crippen LogP contribution < -0.4 is 10.6 Å². The Balaban J connectivity index is 2.78. The molecule has 1 rings (SSSR count). The van der Waals surface area contributed by atoms with Gasteiger partial charge in [-0.25, -0.2) is 4.79 Å². The minimum Gasteiger partial charge on any atom is -0.479 e. The van der Waals surface area contributed by atoms with Gasteiger partial charge in [-0.3, -0.25) is 4.79 Å². The Bertz CT molecular complexity index is 434. The van der Waals surface area contributed by atoms with E-state index in [0.717, 1.165) is 13.0 Å². The van der Waals surface area contributed by atoms with Crippen LogP contribution in [-0.2, 0) is 15.1 Å². The molecule has 0 aliphatic rings. The molecule has 0 aliphatic carbocycles. The van der Waals surface area contributed by atoms with E-state index < -0.39 is 11.5 Å². The van der Waals surface area contributed by atoms with E-state index in [2.05, 4.69) is 10.6 Å². The Morgan fingerprint density at radius 3 is 2.42 bits per heavy atom. The largest absolute Gasteiger partial charge is 0.479 e. The zero-order chi connectivity index (χ0) is 14.3. The average Bonchev–Trinajstić information content (AvgIpc) is 2.39. The Morgan fingerprint density at radius 1 is 1.26 bits per heavy atom. The van der Waals surface area contributed by atoms with Crippen molar-refractivity contribution in [3.63, 3.8) is 0 Å². The summed E-state index contributed by atoms with van der Waals surface area (Å²) in [4.78, 5) is 23.2. The van der Waals surface area contributed by atoms with Gasteiger partial charge in [0, 0.05) is 0 Å². The third-order valence-corrected chi connectivity index (χ3v) is 2.88. The Hall–Kier alpha value is -1.88. The quantitative estimate of drug-likeness (QED) is 0.644. The summed E-state index contributed by atoms with van der Waals surface area (Å²) in [6.07, 6.45) is 0.919. The summed E-state index contributed by atoms with van der Waals surface area (Å²) < 4.78 is 0. The van der Waals surface area contributed by atoms with Crippen LogP contribution in [0, 0.1) is 0 Å². The first-order valence-electron chi connectivity index (χ1n) is 6.31. The summed E-state index contributed by atoms with van der Waals surface area (Å²) in [5.41, 5.74) is -0.863. The van der Waals surface area contributed by atoms with Crippen LogP contribution in [0.15, 0.2) is 30.3 Å². The molecule has 0 radical (unpaired) electrons. The van der Waals surface area contributed by atoms with Crippen LogP contribution in [0.25, 0.3) is 0 Å². The zero-order valence-electron chi connectivity index (χ0n) is 11.3. The van der Waals surface area contributed by atoms with E-state index in [4.69, 9.17) is 0 Å². The lowest BCUT2D eigenvalue weighted by molar-refractivity contribution is -0.147. The molecule has 0 bridgehead atoms. The number of carboxylic acid groups (broad SMARTS) is 1. The van der Waals surface area contributed by atoms with Crippen LogP contribution >= 0.6 is 0 Å². The van der Waals surface area contributed by atoms with Crippen molar-refractivity contribution in [3.05, 3.63) is 35.9 Å². The number of amides is 1. The van der Waals surface area contributed by atoms with E-state index in [0.29, 0.717) is 5.56 Å². The maximum absolute atomic E-state index is 11.8. The van der Waals surface area contributed by atoms with Crippen molar-refractivity contribution in [2.75, 3.05) is 13.1 Å². The predicted molar refractivity (Wildman–Crippen MR) is 72.7 cm³/mol. The van der Waals surface area contributed by atoms with Crippen molar-refractivity contribution in [3.8, 4) is 0 Å². The molecule has 0 aliphatic heterocycles. The molecule has 0 saturated carbocycles. The molecule has 0 fully saturated rings. The fraction of sp³-hybridized carbons (Fsp3) is 0.429. The molecule has 0 spiro atoms. The summed E-state index contributed by atoms with van der Waals surface area (Å²) in [7, 11) is 0. The summed E-state index contributed by atoms with van der Waals surface area (Å²) in [6.45, 7) is 4.32. The Morgan fingerprint density at radius 2 is 1.89 bits per heavy atom. The number of nitrogens with one attached hydrogen (secondary N) is 2. The molecule has 1 unspecified atom stereocenters. The second kappa shape index (κ2) is 6.89. The molecule has 0 heterocycles. The Kier molecular flexibility index (Phi) is 5.51. The highest BCUT2D eigenvalue weighted by molar-refractivity contribution is 5.88. The molecule has 3 N–H and O–H groups in total. The van der Waals surface area contributed by atoms with Crippen molar-refractivity contribution in [2.45, 2.75) is 25.8 Å². The van der Waals surface area contributed by atoms with Crippen molar-refractivity contribution in [2.24, 2.45) is 0 Å². The fourth-order valence-corrected chi connectivity index (χ4v) is 1.72. The van der Waals surface area contributed by atoms with E-state index in [1.165, 1.54) is 6.92 Å². The molecular weight excluding hydrogens is 244 g/mol. The van der Waals surface area contributed by atoms with E-state index >= 15 is 0 Å². The van der Waals surface area contributed by atoms with E-state index in [9.17, 15) is 14.7 Å². The molecule has 5 nitrogen and oxygen atoms in total. The standard InChI is InChI=1S/C14H20N2O3/c1-3-9-15-10-12(17)16-14(2,13(18)19)11-7-5-4-6-8-11/h4-8,15H,3,9-10H2,1-2H3,(H,16,17)(H,18,19). The lowest BCUT2D eigenvalue weighted by Gasteiger charge is -2.26. The van der Waals surface area contributed by atoms with Gasteiger partial charge < -0.3 is 15.7 Å². The van der Waals surface area contributed by atoms with Gasteiger partial charge in [-0.2, -0.15) is 0 Å². The minimum absolute atomic E-state index is 0.115. The number of hydrogen-bond acceptors (Lipinski definition) is 3. The van der Waals surface area contributed by atoms with Crippen LogP contribution in [0.5, 0.6) is 0 Å². The van der Waals surface area contributed by atoms with Gasteiger partial charge in [0.25, 0.3) is 0 Å². The molecule has 5 heteroatoms. The number of aliphatic carboxylic acids is 1. The third-order valence-electron chi connectivity index (χ3n) is 2.88. The van der Waals surface area contributed by atoms with E-state index in [-0.39, 0.29) is 12.5 Å². The Labute approximate surface area is 113 Å². The van der Waals surface area contributed by atoms with Crippen LogP contribution in [0.2, 0.25) is 0 Å². The number of hydrogen-bond donors (Lipinski definition) is 3. The van der Waals surface area contributed by atoms with Crippen LogP contribution in [0.4, 0.5) is 0 Å². The normalized spacial score (nSPS) is 13.6. The molecule has 0 aromatic heterocycles. The van der Waals surface area contributed by atoms with Gasteiger partial charge in [0.05, 0.1) is 6.54 Å². The monoisotopic (exact) mass is 264 g/mol. The van der Waals surface area contributed by atoms with E-state index in [1.54, 1.807) is 30.3 Å². The highest BCUT2D eigenvalue weighted by Crippen LogP contribution is 2.20. The van der Waals surface area contributed by atoms with Crippen LogP contribution in [0.3, 0.4) is 0 Å². The highest BCUT2D eigenvalue weighted by atomic mass is 16.4. The molecule has 104 valence electrons. The van der Waals surface area contributed by atoms with Crippen molar-refractivity contribution in [1.82, 2.24) is 10.6 Å². The van der Waals surface area contributed by atoms with Crippen molar-refractivity contribution < 1.29 is 14.7 Å². The van der Waals surface area contributed by atoms with E-state index in [1.807, 2.05) is 6.92 Å². The second-order valence-electron chi connectivity index (χ2n) is 4.52. The second-order valence-corrected chi connectivity index (χ2v) is 4.52. The third kappa shape index (κ3) is 4.06. The first kappa shape index (κ1) is 15.2. The summed E-state index contributed by atoms with van der Waals surface area (Å²) in [5, 5.41) is 14.9. The highest BCUT2D eigenvalue weighted by Gasteiger charge is 2.36. The van der Waals surface area contributed by atoms with Crippen LogP contribution in [-0.4, -0.2) is 30.1 Å². The first-order chi connectivity index (χ1) is 9.00. The van der Waals surface area contributed by atoms with Gasteiger partial charge in [-0.1, -0.05) is 37.3 Å². The van der Waals surface area contributed by atoms with Gasteiger partial charge in [0.1, 0.15) is 0 Å². The molecule has 1 aromatic carbocycles. The van der Waals surface area contributed by atoms with Gasteiger partial charge in [0.15, 0.2) is 5.54 Å². The molecule has 1 amide bonds. The van der Waals surface area contributed by atoms with Gasteiger partial charge >= 0.3 is 5.97 Å². The lowest BCUT2D eigenvalue weighted by atomic mass is 9.92. The molecule has 0 saturated heterocycles. The molecular formula is C14H20N2O3. The summed E-state index contributed by atoms with van der Waals surface area (Å²) in [6, 6.07) is 8.67. The summed E-state index contributed by atoms with van der Waals surface area (Å²) in [5.74, 6) is -1.41. The maximum atomic E-state index is 11.8. The smallest absolute Gasteiger partial charge is 0.333 e. The number of carbonyl (C=O) groups excluding carboxylic acids is 1. The first-order valence-corrected chi connectivity index (χ1v) is 6.31. The average molecular weight is 264 g/mol. The number of carboxylic acids is 1. The fourth-order valence-electron chi connectivity index (χ4n) is 1.72. The van der Waals surface area contributed by atoms with Gasteiger partial charge in [-0.05, 0) is 25.5 Å². The lowest BCUT2D eigenvalue weighted by Crippen LogP contribution is -2.51. The maximum Gasteiger partial charge on any atom is 0.333 e. The van der Waals surface area contributed by atoms with Crippen molar-refractivity contribution in [1.29, 1.82) is 0 Å². The topological polar surface area (TPSA) is 78.4 Å². The van der Waals surface area contributed by atoms with Gasteiger partial charge in [-0.15, -0.1) is 0 Å². The number of carbonyl (C=O) groups is 2. The number of rotatable bonds is 7. The zero-order valence-corrected chi connectivity index (χ0v) is 11.3. The molecule has 1 aromatic rings. The van der Waals surface area contributed by atoms with Gasteiger partial charge in [0.2, 0.25) is 5.91 Å². The number of benzene rings is 1. The molecule has 1 atom stereocenters. The predicted octanol–water partition coefficient (Wildman–Crippen LogP) is 1.10.